The summed E-state index contributed by atoms with van der Waals surface area (Å²) in [6.45, 7) is 1.94. The van der Waals surface area contributed by atoms with Crippen LogP contribution in [0.1, 0.15) is 37.8 Å². The molecule has 0 aromatic heterocycles. The second-order valence-electron chi connectivity index (χ2n) is 4.81. The lowest BCUT2D eigenvalue weighted by Gasteiger charge is -2.14. The van der Waals surface area contributed by atoms with Crippen LogP contribution < -0.4 is 5.32 Å². The Morgan fingerprint density at radius 1 is 1.25 bits per heavy atom. The summed E-state index contributed by atoms with van der Waals surface area (Å²) < 4.78 is 22.7. The standard InChI is InChI=1S/C14H21NO4S/c1-11(15-14(17)5-3-4-10-16)12-6-8-13(9-7-12)20(2,18)19/h6-9,11,16H,3-5,10H2,1-2H3,(H,15,17). The summed E-state index contributed by atoms with van der Waals surface area (Å²) in [7, 11) is -3.19. The first-order valence-electron chi connectivity index (χ1n) is 6.55. The summed E-state index contributed by atoms with van der Waals surface area (Å²) in [4.78, 5) is 11.9. The Labute approximate surface area is 119 Å². The first-order chi connectivity index (χ1) is 9.34. The summed E-state index contributed by atoms with van der Waals surface area (Å²) >= 11 is 0. The van der Waals surface area contributed by atoms with Gasteiger partial charge >= 0.3 is 0 Å². The number of aliphatic hydroxyl groups excluding tert-OH is 1. The van der Waals surface area contributed by atoms with Crippen molar-refractivity contribution >= 4 is 15.7 Å². The fourth-order valence-corrected chi connectivity index (χ4v) is 2.43. The zero-order chi connectivity index (χ0) is 15.2. The SMILES string of the molecule is CC(NC(=O)CCCCO)c1ccc(S(C)(=O)=O)cc1. The third-order valence-corrected chi connectivity index (χ3v) is 4.13. The number of carbonyl (C=O) groups is 1. The number of sulfone groups is 1. The maximum Gasteiger partial charge on any atom is 0.220 e. The van der Waals surface area contributed by atoms with Crippen molar-refractivity contribution in [1.82, 2.24) is 5.32 Å². The van der Waals surface area contributed by atoms with Gasteiger partial charge in [0.2, 0.25) is 5.91 Å². The van der Waals surface area contributed by atoms with E-state index >= 15 is 0 Å². The van der Waals surface area contributed by atoms with E-state index in [9.17, 15) is 13.2 Å². The maximum atomic E-state index is 11.6. The molecule has 1 amide bonds. The number of nitrogens with one attached hydrogen (secondary N) is 1. The van der Waals surface area contributed by atoms with E-state index in [1.54, 1.807) is 24.3 Å². The summed E-state index contributed by atoms with van der Waals surface area (Å²) in [5.74, 6) is -0.0712. The molecule has 0 aliphatic carbocycles. The van der Waals surface area contributed by atoms with Crippen LogP contribution in [0.4, 0.5) is 0 Å². The highest BCUT2D eigenvalue weighted by atomic mass is 32.2. The average Bonchev–Trinajstić information content (AvgIpc) is 2.38. The van der Waals surface area contributed by atoms with Crippen molar-refractivity contribution in [2.45, 2.75) is 37.1 Å². The molecule has 20 heavy (non-hydrogen) atoms. The lowest BCUT2D eigenvalue weighted by atomic mass is 10.1. The van der Waals surface area contributed by atoms with Crippen molar-refractivity contribution in [2.24, 2.45) is 0 Å². The first-order valence-corrected chi connectivity index (χ1v) is 8.44. The van der Waals surface area contributed by atoms with Gasteiger partial charge in [0.1, 0.15) is 0 Å². The number of hydrogen-bond donors (Lipinski definition) is 2. The van der Waals surface area contributed by atoms with Gasteiger partial charge in [-0.1, -0.05) is 12.1 Å². The Hall–Kier alpha value is -1.40. The second kappa shape index (κ2) is 7.40. The number of rotatable bonds is 7. The van der Waals surface area contributed by atoms with Crippen molar-refractivity contribution < 1.29 is 18.3 Å². The van der Waals surface area contributed by atoms with Crippen LogP contribution in [0.2, 0.25) is 0 Å². The molecular weight excluding hydrogens is 278 g/mol. The number of aliphatic hydroxyl groups is 1. The number of hydrogen-bond acceptors (Lipinski definition) is 4. The molecule has 0 aliphatic heterocycles. The van der Waals surface area contributed by atoms with Gasteiger partial charge in [0.05, 0.1) is 10.9 Å². The molecule has 112 valence electrons. The molecular formula is C14H21NO4S. The molecule has 1 aromatic carbocycles. The van der Waals surface area contributed by atoms with Gasteiger partial charge in [0.15, 0.2) is 9.84 Å². The van der Waals surface area contributed by atoms with E-state index in [0.29, 0.717) is 19.3 Å². The van der Waals surface area contributed by atoms with E-state index in [4.69, 9.17) is 5.11 Å². The number of carbonyl (C=O) groups excluding carboxylic acids is 1. The predicted molar refractivity (Wildman–Crippen MR) is 77.0 cm³/mol. The molecule has 0 radical (unpaired) electrons. The van der Waals surface area contributed by atoms with Gasteiger partial charge in [-0.3, -0.25) is 4.79 Å². The normalized spacial score (nSPS) is 12.9. The zero-order valence-corrected chi connectivity index (χ0v) is 12.6. The van der Waals surface area contributed by atoms with Gasteiger partial charge in [-0.2, -0.15) is 0 Å². The highest BCUT2D eigenvalue weighted by Crippen LogP contribution is 2.16. The van der Waals surface area contributed by atoms with Crippen LogP contribution in [-0.4, -0.2) is 32.3 Å². The Morgan fingerprint density at radius 3 is 2.35 bits per heavy atom. The van der Waals surface area contributed by atoms with Crippen LogP contribution in [-0.2, 0) is 14.6 Å². The second-order valence-corrected chi connectivity index (χ2v) is 6.83. The lowest BCUT2D eigenvalue weighted by Crippen LogP contribution is -2.26. The third-order valence-electron chi connectivity index (χ3n) is 3.00. The van der Waals surface area contributed by atoms with Gasteiger partial charge in [0, 0.05) is 19.3 Å². The highest BCUT2D eigenvalue weighted by molar-refractivity contribution is 7.90. The smallest absolute Gasteiger partial charge is 0.220 e. The quantitative estimate of drug-likeness (QED) is 0.746. The molecule has 2 N–H and O–H groups in total. The van der Waals surface area contributed by atoms with Crippen LogP contribution in [0.5, 0.6) is 0 Å². The molecule has 6 heteroatoms. The molecule has 0 fully saturated rings. The molecule has 5 nitrogen and oxygen atoms in total. The summed E-state index contributed by atoms with van der Waals surface area (Å²) in [6, 6.07) is 6.31. The minimum Gasteiger partial charge on any atom is -0.396 e. The fraction of sp³-hybridized carbons (Fsp3) is 0.500. The third kappa shape index (κ3) is 5.30. The van der Waals surface area contributed by atoms with Crippen molar-refractivity contribution in [3.05, 3.63) is 29.8 Å². The molecule has 0 saturated heterocycles. The molecule has 1 atom stereocenters. The van der Waals surface area contributed by atoms with Crippen molar-refractivity contribution in [1.29, 1.82) is 0 Å². The first kappa shape index (κ1) is 16.7. The topological polar surface area (TPSA) is 83.5 Å². The summed E-state index contributed by atoms with van der Waals surface area (Å²) in [5.41, 5.74) is 0.855. The fourth-order valence-electron chi connectivity index (χ4n) is 1.80. The van der Waals surface area contributed by atoms with E-state index in [1.165, 1.54) is 0 Å². The number of unbranched alkanes of at least 4 members (excludes halogenated alkanes) is 1. The molecule has 1 rings (SSSR count). The Balaban J connectivity index is 2.60. The molecule has 0 heterocycles. The summed E-state index contributed by atoms with van der Waals surface area (Å²) in [6.07, 6.45) is 2.81. The van der Waals surface area contributed by atoms with E-state index in [1.807, 2.05) is 6.92 Å². The van der Waals surface area contributed by atoms with Gasteiger partial charge in [0.25, 0.3) is 0 Å². The number of amides is 1. The van der Waals surface area contributed by atoms with E-state index in [0.717, 1.165) is 11.8 Å². The monoisotopic (exact) mass is 299 g/mol. The predicted octanol–water partition coefficient (Wildman–Crippen LogP) is 1.43. The number of benzene rings is 1. The summed E-state index contributed by atoms with van der Waals surface area (Å²) in [5, 5.41) is 11.5. The average molecular weight is 299 g/mol. The molecule has 1 aromatic rings. The highest BCUT2D eigenvalue weighted by Gasteiger charge is 2.11. The van der Waals surface area contributed by atoms with Gasteiger partial charge < -0.3 is 10.4 Å². The van der Waals surface area contributed by atoms with Crippen LogP contribution >= 0.6 is 0 Å². The lowest BCUT2D eigenvalue weighted by molar-refractivity contribution is -0.121. The Morgan fingerprint density at radius 2 is 1.85 bits per heavy atom. The minimum atomic E-state index is -3.19. The molecule has 0 bridgehead atoms. The van der Waals surface area contributed by atoms with Crippen molar-refractivity contribution in [3.8, 4) is 0 Å². The van der Waals surface area contributed by atoms with Crippen molar-refractivity contribution in [3.63, 3.8) is 0 Å². The maximum absolute atomic E-state index is 11.6. The van der Waals surface area contributed by atoms with Gasteiger partial charge in [-0.25, -0.2) is 8.42 Å². The zero-order valence-electron chi connectivity index (χ0n) is 11.8. The largest absolute Gasteiger partial charge is 0.396 e. The van der Waals surface area contributed by atoms with Gasteiger partial charge in [-0.05, 0) is 37.5 Å². The molecule has 1 unspecified atom stereocenters. The Kier molecular flexibility index (Phi) is 6.16. The van der Waals surface area contributed by atoms with Crippen LogP contribution in [0.25, 0.3) is 0 Å². The Bertz CT molecular complexity index is 537. The van der Waals surface area contributed by atoms with E-state index in [2.05, 4.69) is 5.32 Å². The van der Waals surface area contributed by atoms with E-state index < -0.39 is 9.84 Å². The van der Waals surface area contributed by atoms with E-state index in [-0.39, 0.29) is 23.5 Å². The van der Waals surface area contributed by atoms with Crippen LogP contribution in [0, 0.1) is 0 Å². The molecule has 0 saturated carbocycles. The minimum absolute atomic E-state index is 0.0712. The molecule has 0 aliphatic rings. The van der Waals surface area contributed by atoms with Crippen LogP contribution in [0.3, 0.4) is 0 Å². The molecule has 0 spiro atoms. The van der Waals surface area contributed by atoms with Crippen LogP contribution in [0.15, 0.2) is 29.2 Å². The van der Waals surface area contributed by atoms with Crippen molar-refractivity contribution in [2.75, 3.05) is 12.9 Å². The van der Waals surface area contributed by atoms with Gasteiger partial charge in [-0.15, -0.1) is 0 Å².